The zero-order valence-corrected chi connectivity index (χ0v) is 17.5. The van der Waals surface area contributed by atoms with Crippen molar-refractivity contribution in [3.8, 4) is 5.75 Å². The van der Waals surface area contributed by atoms with Crippen LogP contribution >= 0.6 is 0 Å². The standard InChI is InChI=1S/C22H23F2N5O3/c1-21(13-30)11-14-9-16(27-20(31)15-12-26-29-6-2-5-25-19(15)29)17(10-18(14)32-21)28-7-3-22(23,24)4-8-28/h2,5-6,9-10,12,30H,3-4,7-8,11,13H2,1H3,(H,27,31). The highest BCUT2D eigenvalue weighted by Gasteiger charge is 2.38. The zero-order chi connectivity index (χ0) is 22.5. The minimum atomic E-state index is -2.69. The van der Waals surface area contributed by atoms with Crippen molar-refractivity contribution < 1.29 is 23.4 Å². The third-order valence-corrected chi connectivity index (χ3v) is 6.04. The normalized spacial score (nSPS) is 21.9. The van der Waals surface area contributed by atoms with E-state index in [0.717, 1.165) is 5.56 Å². The number of carbonyl (C=O) groups excluding carboxylic acids is 1. The van der Waals surface area contributed by atoms with Crippen LogP contribution < -0.4 is 15.0 Å². The second-order valence-corrected chi connectivity index (χ2v) is 8.61. The molecule has 1 saturated heterocycles. The Kier molecular flexibility index (Phi) is 4.77. The second-order valence-electron chi connectivity index (χ2n) is 8.61. The van der Waals surface area contributed by atoms with Gasteiger partial charge in [-0.3, -0.25) is 4.79 Å². The van der Waals surface area contributed by atoms with Crippen molar-refractivity contribution in [2.75, 3.05) is 29.9 Å². The molecule has 2 aliphatic heterocycles. The average molecular weight is 443 g/mol. The number of ether oxygens (including phenoxy) is 1. The summed E-state index contributed by atoms with van der Waals surface area (Å²) in [6.45, 7) is 1.95. The summed E-state index contributed by atoms with van der Waals surface area (Å²) in [7, 11) is 0. The molecule has 8 nitrogen and oxygen atoms in total. The molecule has 0 saturated carbocycles. The Morgan fingerprint density at radius 3 is 2.84 bits per heavy atom. The summed E-state index contributed by atoms with van der Waals surface area (Å²) in [6, 6.07) is 5.28. The molecule has 3 aromatic rings. The number of fused-ring (bicyclic) bond motifs is 2. The van der Waals surface area contributed by atoms with E-state index >= 15 is 0 Å². The van der Waals surface area contributed by atoms with Gasteiger partial charge in [0.25, 0.3) is 11.8 Å². The summed E-state index contributed by atoms with van der Waals surface area (Å²) < 4.78 is 34.9. The molecule has 0 bridgehead atoms. The van der Waals surface area contributed by atoms with Crippen LogP contribution in [-0.2, 0) is 6.42 Å². The Morgan fingerprint density at radius 2 is 2.09 bits per heavy atom. The number of amides is 1. The van der Waals surface area contributed by atoms with E-state index in [-0.39, 0.29) is 32.5 Å². The molecule has 168 valence electrons. The van der Waals surface area contributed by atoms with E-state index in [1.807, 2.05) is 4.90 Å². The smallest absolute Gasteiger partial charge is 0.261 e. The predicted molar refractivity (Wildman–Crippen MR) is 114 cm³/mol. The van der Waals surface area contributed by atoms with Gasteiger partial charge in [-0.25, -0.2) is 18.3 Å². The van der Waals surface area contributed by atoms with E-state index in [0.29, 0.717) is 34.8 Å². The molecule has 1 aromatic carbocycles. The van der Waals surface area contributed by atoms with Crippen LogP contribution in [0.15, 0.2) is 36.8 Å². The third kappa shape index (κ3) is 3.64. The van der Waals surface area contributed by atoms with E-state index in [1.165, 1.54) is 10.7 Å². The number of nitrogens with one attached hydrogen (secondary N) is 1. The number of hydrogen-bond acceptors (Lipinski definition) is 6. The van der Waals surface area contributed by atoms with Crippen molar-refractivity contribution >= 4 is 22.9 Å². The van der Waals surface area contributed by atoms with Gasteiger partial charge in [0.1, 0.15) is 16.9 Å². The molecule has 2 aromatic heterocycles. The fourth-order valence-electron chi connectivity index (χ4n) is 4.25. The number of aromatic nitrogens is 3. The van der Waals surface area contributed by atoms with Crippen molar-refractivity contribution in [1.82, 2.24) is 14.6 Å². The van der Waals surface area contributed by atoms with Gasteiger partial charge in [0.2, 0.25) is 0 Å². The molecule has 1 atom stereocenters. The summed E-state index contributed by atoms with van der Waals surface area (Å²) in [4.78, 5) is 19.1. The number of piperidine rings is 1. The average Bonchev–Trinajstić information content (AvgIpc) is 3.34. The quantitative estimate of drug-likeness (QED) is 0.644. The van der Waals surface area contributed by atoms with Gasteiger partial charge in [0.05, 0.1) is 24.2 Å². The SMILES string of the molecule is CC1(CO)Cc2cc(NC(=O)c3cnn4cccnc34)c(N3CCC(F)(F)CC3)cc2O1. The molecular weight excluding hydrogens is 420 g/mol. The predicted octanol–water partition coefficient (Wildman–Crippen LogP) is 2.90. The highest BCUT2D eigenvalue weighted by atomic mass is 19.3. The van der Waals surface area contributed by atoms with Gasteiger partial charge in [0.15, 0.2) is 5.65 Å². The first-order chi connectivity index (χ1) is 15.3. The van der Waals surface area contributed by atoms with Gasteiger partial charge in [0, 0.05) is 56.4 Å². The number of rotatable bonds is 4. The molecule has 2 N–H and O–H groups in total. The molecule has 4 heterocycles. The molecular formula is C22H23F2N5O3. The highest BCUT2D eigenvalue weighted by Crippen LogP contribution is 2.43. The largest absolute Gasteiger partial charge is 0.484 e. The summed E-state index contributed by atoms with van der Waals surface area (Å²) in [6.07, 6.45) is 4.67. The molecule has 0 spiro atoms. The molecule has 1 fully saturated rings. The van der Waals surface area contributed by atoms with Crippen molar-refractivity contribution in [3.05, 3.63) is 47.9 Å². The fraction of sp³-hybridized carbons (Fsp3) is 0.409. The first kappa shape index (κ1) is 20.6. The number of anilines is 2. The molecule has 2 aliphatic rings. The summed E-state index contributed by atoms with van der Waals surface area (Å²) in [5.74, 6) is -2.50. The first-order valence-electron chi connectivity index (χ1n) is 10.5. The summed E-state index contributed by atoms with van der Waals surface area (Å²) >= 11 is 0. The number of halogens is 2. The van der Waals surface area contributed by atoms with Gasteiger partial charge in [-0.1, -0.05) is 0 Å². The van der Waals surface area contributed by atoms with Crippen molar-refractivity contribution in [1.29, 1.82) is 0 Å². The summed E-state index contributed by atoms with van der Waals surface area (Å²) in [5.41, 5.74) is 1.91. The van der Waals surface area contributed by atoms with Crippen LogP contribution in [0.5, 0.6) is 5.75 Å². The molecule has 0 aliphatic carbocycles. The number of carbonyl (C=O) groups is 1. The van der Waals surface area contributed by atoms with E-state index in [9.17, 15) is 18.7 Å². The number of aliphatic hydroxyl groups is 1. The van der Waals surface area contributed by atoms with Crippen LogP contribution in [0.25, 0.3) is 5.65 Å². The molecule has 10 heteroatoms. The Balaban J connectivity index is 1.50. The first-order valence-corrected chi connectivity index (χ1v) is 10.5. The Labute approximate surface area is 182 Å². The maximum Gasteiger partial charge on any atom is 0.261 e. The lowest BCUT2D eigenvalue weighted by Gasteiger charge is -2.34. The van der Waals surface area contributed by atoms with Crippen LogP contribution in [0, 0.1) is 0 Å². The van der Waals surface area contributed by atoms with E-state index in [2.05, 4.69) is 15.4 Å². The molecule has 1 amide bonds. The second kappa shape index (κ2) is 7.40. The van der Waals surface area contributed by atoms with Crippen molar-refractivity contribution in [2.45, 2.75) is 37.7 Å². The minimum Gasteiger partial charge on any atom is -0.484 e. The van der Waals surface area contributed by atoms with E-state index in [4.69, 9.17) is 4.74 Å². The monoisotopic (exact) mass is 443 g/mol. The molecule has 32 heavy (non-hydrogen) atoms. The molecule has 1 unspecified atom stereocenters. The van der Waals surface area contributed by atoms with Crippen LogP contribution in [-0.4, -0.2) is 56.8 Å². The van der Waals surface area contributed by atoms with Crippen LogP contribution in [0.3, 0.4) is 0 Å². The fourth-order valence-corrected chi connectivity index (χ4v) is 4.25. The van der Waals surface area contributed by atoms with E-state index < -0.39 is 17.4 Å². The van der Waals surface area contributed by atoms with Crippen LogP contribution in [0.1, 0.15) is 35.7 Å². The Bertz CT molecular complexity index is 1190. The number of hydrogen-bond donors (Lipinski definition) is 2. The number of aliphatic hydroxyl groups excluding tert-OH is 1. The lowest BCUT2D eigenvalue weighted by atomic mass is 9.99. The Morgan fingerprint density at radius 1 is 1.31 bits per heavy atom. The third-order valence-electron chi connectivity index (χ3n) is 6.04. The highest BCUT2D eigenvalue weighted by molar-refractivity contribution is 6.09. The van der Waals surface area contributed by atoms with Crippen molar-refractivity contribution in [3.63, 3.8) is 0 Å². The van der Waals surface area contributed by atoms with Gasteiger partial charge in [-0.05, 0) is 19.1 Å². The van der Waals surface area contributed by atoms with Gasteiger partial charge >= 0.3 is 0 Å². The van der Waals surface area contributed by atoms with Crippen LogP contribution in [0.4, 0.5) is 20.2 Å². The Hall–Kier alpha value is -3.27. The van der Waals surface area contributed by atoms with Crippen molar-refractivity contribution in [2.24, 2.45) is 0 Å². The van der Waals surface area contributed by atoms with Gasteiger partial charge in [-0.15, -0.1) is 0 Å². The number of nitrogens with zero attached hydrogens (tertiary/aromatic N) is 4. The maximum atomic E-state index is 13.7. The minimum absolute atomic E-state index is 0.157. The van der Waals surface area contributed by atoms with Gasteiger partial charge in [-0.2, -0.15) is 5.10 Å². The van der Waals surface area contributed by atoms with E-state index in [1.54, 1.807) is 37.5 Å². The number of benzene rings is 1. The molecule has 5 rings (SSSR count). The van der Waals surface area contributed by atoms with Crippen LogP contribution in [0.2, 0.25) is 0 Å². The lowest BCUT2D eigenvalue weighted by Crippen LogP contribution is -2.39. The summed E-state index contributed by atoms with van der Waals surface area (Å²) in [5, 5.41) is 16.8. The maximum absolute atomic E-state index is 13.7. The molecule has 0 radical (unpaired) electrons. The zero-order valence-electron chi connectivity index (χ0n) is 17.5. The van der Waals surface area contributed by atoms with Gasteiger partial charge < -0.3 is 20.1 Å². The topological polar surface area (TPSA) is 92.0 Å². The number of alkyl halides is 2. The lowest BCUT2D eigenvalue weighted by molar-refractivity contribution is -0.0220.